The molecule has 1 unspecified atom stereocenters. The van der Waals surface area contributed by atoms with Gasteiger partial charge in [0.05, 0.1) is 0 Å². The Morgan fingerprint density at radius 1 is 1.58 bits per heavy atom. The highest BCUT2D eigenvalue weighted by Crippen LogP contribution is 2.34. The Morgan fingerprint density at radius 2 is 2.42 bits per heavy atom. The quantitative estimate of drug-likeness (QED) is 0.549. The van der Waals surface area contributed by atoms with Crippen LogP contribution in [0, 0.1) is 11.8 Å². The van der Waals surface area contributed by atoms with E-state index in [1.807, 2.05) is 0 Å². The minimum Gasteiger partial charge on any atom is -0.103 e. The van der Waals surface area contributed by atoms with E-state index in [4.69, 9.17) is 0 Å². The van der Waals surface area contributed by atoms with E-state index in [0.717, 1.165) is 5.92 Å². The molecular weight excluding hydrogens is 144 g/mol. The lowest BCUT2D eigenvalue weighted by atomic mass is 9.79. The third-order valence-corrected chi connectivity index (χ3v) is 2.87. The predicted molar refractivity (Wildman–Crippen MR) is 54.9 cm³/mol. The molecule has 0 bridgehead atoms. The molecule has 1 rings (SSSR count). The molecule has 1 saturated carbocycles. The fourth-order valence-corrected chi connectivity index (χ4v) is 2.04. The van der Waals surface area contributed by atoms with E-state index in [1.54, 1.807) is 5.92 Å². The van der Waals surface area contributed by atoms with Gasteiger partial charge in [-0.1, -0.05) is 32.3 Å². The van der Waals surface area contributed by atoms with Crippen molar-refractivity contribution in [1.82, 2.24) is 0 Å². The molecule has 12 heavy (non-hydrogen) atoms. The largest absolute Gasteiger partial charge is 0.103 e. The summed E-state index contributed by atoms with van der Waals surface area (Å²) in [6.07, 6.45) is 11.7. The van der Waals surface area contributed by atoms with Crippen molar-refractivity contribution in [3.8, 4) is 0 Å². The minimum atomic E-state index is 0.797. The van der Waals surface area contributed by atoms with Gasteiger partial charge in [0.15, 0.2) is 0 Å². The van der Waals surface area contributed by atoms with Gasteiger partial charge in [-0.3, -0.25) is 0 Å². The molecule has 1 aliphatic carbocycles. The highest BCUT2D eigenvalue weighted by Gasteiger charge is 2.19. The Bertz CT molecular complexity index is 126. The SMILES string of the molecule is C=CC1CCC[C](CCCC)C1. The van der Waals surface area contributed by atoms with Gasteiger partial charge in [-0.15, -0.1) is 6.58 Å². The van der Waals surface area contributed by atoms with Crippen LogP contribution in [0.1, 0.15) is 51.9 Å². The van der Waals surface area contributed by atoms with Gasteiger partial charge in [-0.2, -0.15) is 0 Å². The summed E-state index contributed by atoms with van der Waals surface area (Å²) in [5.41, 5.74) is 0. The van der Waals surface area contributed by atoms with Crippen molar-refractivity contribution in [3.05, 3.63) is 18.6 Å². The van der Waals surface area contributed by atoms with Gasteiger partial charge in [0.2, 0.25) is 0 Å². The van der Waals surface area contributed by atoms with Crippen LogP contribution in [0.2, 0.25) is 0 Å². The van der Waals surface area contributed by atoms with Crippen LogP contribution in [0.3, 0.4) is 0 Å². The Labute approximate surface area is 77.1 Å². The molecule has 0 saturated heterocycles. The van der Waals surface area contributed by atoms with Crippen LogP contribution < -0.4 is 0 Å². The summed E-state index contributed by atoms with van der Waals surface area (Å²) < 4.78 is 0. The maximum Gasteiger partial charge on any atom is -0.0231 e. The molecule has 0 spiro atoms. The maximum absolute atomic E-state index is 3.89. The summed E-state index contributed by atoms with van der Waals surface area (Å²) in [6, 6.07) is 0. The van der Waals surface area contributed by atoms with Crippen molar-refractivity contribution >= 4 is 0 Å². The zero-order valence-corrected chi connectivity index (χ0v) is 8.31. The number of rotatable bonds is 4. The summed E-state index contributed by atoms with van der Waals surface area (Å²) >= 11 is 0. The second-order valence-corrected chi connectivity index (χ2v) is 3.95. The van der Waals surface area contributed by atoms with Gasteiger partial charge >= 0.3 is 0 Å². The van der Waals surface area contributed by atoms with E-state index in [1.165, 1.54) is 44.9 Å². The van der Waals surface area contributed by atoms with Crippen molar-refractivity contribution in [1.29, 1.82) is 0 Å². The second-order valence-electron chi connectivity index (χ2n) is 3.95. The molecular formula is C12H21. The molecule has 0 aromatic carbocycles. The molecule has 0 aromatic heterocycles. The molecule has 0 amide bonds. The molecule has 1 atom stereocenters. The minimum absolute atomic E-state index is 0.797. The monoisotopic (exact) mass is 165 g/mol. The first-order valence-corrected chi connectivity index (χ1v) is 5.33. The van der Waals surface area contributed by atoms with Crippen molar-refractivity contribution in [2.75, 3.05) is 0 Å². The normalized spacial score (nSPS) is 25.6. The average molecular weight is 165 g/mol. The molecule has 1 aliphatic rings. The smallest absolute Gasteiger partial charge is 0.0231 e. The van der Waals surface area contributed by atoms with Gasteiger partial charge in [0.1, 0.15) is 0 Å². The average Bonchev–Trinajstić information content (AvgIpc) is 2.15. The van der Waals surface area contributed by atoms with E-state index in [0.29, 0.717) is 0 Å². The number of unbranched alkanes of at least 4 members (excludes halogenated alkanes) is 1. The molecule has 0 heterocycles. The van der Waals surface area contributed by atoms with Crippen LogP contribution in [-0.4, -0.2) is 0 Å². The summed E-state index contributed by atoms with van der Waals surface area (Å²) in [7, 11) is 0. The van der Waals surface area contributed by atoms with Gasteiger partial charge in [-0.05, 0) is 37.5 Å². The Balaban J connectivity index is 2.20. The Kier molecular flexibility index (Phi) is 4.42. The first kappa shape index (κ1) is 9.83. The van der Waals surface area contributed by atoms with Crippen molar-refractivity contribution in [2.24, 2.45) is 5.92 Å². The zero-order chi connectivity index (χ0) is 8.81. The molecule has 0 aromatic rings. The zero-order valence-electron chi connectivity index (χ0n) is 8.31. The third kappa shape index (κ3) is 3.00. The fraction of sp³-hybridized carbons (Fsp3) is 0.750. The summed E-state index contributed by atoms with van der Waals surface area (Å²) in [5, 5.41) is 0. The number of hydrogen-bond acceptors (Lipinski definition) is 0. The molecule has 0 heteroatoms. The molecule has 1 radical (unpaired) electrons. The number of hydrogen-bond donors (Lipinski definition) is 0. The number of allylic oxidation sites excluding steroid dienone is 1. The lowest BCUT2D eigenvalue weighted by molar-refractivity contribution is 0.423. The van der Waals surface area contributed by atoms with Crippen LogP contribution in [0.4, 0.5) is 0 Å². The highest BCUT2D eigenvalue weighted by molar-refractivity contribution is 4.99. The first-order chi connectivity index (χ1) is 5.86. The molecule has 1 fully saturated rings. The van der Waals surface area contributed by atoms with Crippen molar-refractivity contribution in [2.45, 2.75) is 51.9 Å². The lowest BCUT2D eigenvalue weighted by Gasteiger charge is -2.26. The molecule has 0 N–H and O–H groups in total. The molecule has 0 aliphatic heterocycles. The van der Waals surface area contributed by atoms with E-state index in [9.17, 15) is 0 Å². The predicted octanol–water partition coefficient (Wildman–Crippen LogP) is 4.13. The molecule has 0 nitrogen and oxygen atoms in total. The topological polar surface area (TPSA) is 0 Å². The van der Waals surface area contributed by atoms with Gasteiger partial charge < -0.3 is 0 Å². The second kappa shape index (κ2) is 5.40. The fourth-order valence-electron chi connectivity index (χ4n) is 2.04. The van der Waals surface area contributed by atoms with E-state index < -0.39 is 0 Å². The Hall–Kier alpha value is -0.260. The van der Waals surface area contributed by atoms with Crippen LogP contribution in [0.5, 0.6) is 0 Å². The maximum atomic E-state index is 3.89. The van der Waals surface area contributed by atoms with Gasteiger partial charge in [0, 0.05) is 0 Å². The first-order valence-electron chi connectivity index (χ1n) is 5.33. The van der Waals surface area contributed by atoms with Crippen LogP contribution in [0.15, 0.2) is 12.7 Å². The van der Waals surface area contributed by atoms with Gasteiger partial charge in [0.25, 0.3) is 0 Å². The van der Waals surface area contributed by atoms with Crippen LogP contribution in [0.25, 0.3) is 0 Å². The van der Waals surface area contributed by atoms with Crippen LogP contribution >= 0.6 is 0 Å². The van der Waals surface area contributed by atoms with Crippen molar-refractivity contribution < 1.29 is 0 Å². The summed E-state index contributed by atoms with van der Waals surface area (Å²) in [5.74, 6) is 2.60. The lowest BCUT2D eigenvalue weighted by Crippen LogP contribution is -2.11. The van der Waals surface area contributed by atoms with E-state index in [-0.39, 0.29) is 0 Å². The summed E-state index contributed by atoms with van der Waals surface area (Å²) in [6.45, 7) is 6.16. The van der Waals surface area contributed by atoms with E-state index >= 15 is 0 Å². The van der Waals surface area contributed by atoms with Crippen LogP contribution in [-0.2, 0) is 0 Å². The standard InChI is InChI=1S/C12H21/c1-3-5-7-12-9-6-8-11(4-2)10-12/h4,11H,2-3,5-10H2,1H3. The molecule has 69 valence electrons. The van der Waals surface area contributed by atoms with E-state index in [2.05, 4.69) is 19.6 Å². The van der Waals surface area contributed by atoms with Crippen molar-refractivity contribution in [3.63, 3.8) is 0 Å². The Morgan fingerprint density at radius 3 is 3.08 bits per heavy atom. The van der Waals surface area contributed by atoms with Gasteiger partial charge in [-0.25, -0.2) is 0 Å². The summed E-state index contributed by atoms with van der Waals surface area (Å²) in [4.78, 5) is 0. The highest BCUT2D eigenvalue weighted by atomic mass is 14.2. The third-order valence-electron chi connectivity index (χ3n) is 2.87.